The third-order valence-corrected chi connectivity index (χ3v) is 4.78. The predicted molar refractivity (Wildman–Crippen MR) is 105 cm³/mol. The van der Waals surface area contributed by atoms with E-state index in [0.29, 0.717) is 5.75 Å². The van der Waals surface area contributed by atoms with Crippen LogP contribution in [0.3, 0.4) is 0 Å². The van der Waals surface area contributed by atoms with Crippen molar-refractivity contribution in [2.45, 2.75) is 12.5 Å². The van der Waals surface area contributed by atoms with Gasteiger partial charge in [0, 0.05) is 23.2 Å². The van der Waals surface area contributed by atoms with Gasteiger partial charge in [-0.3, -0.25) is 4.79 Å². The average molecular weight is 377 g/mol. The first-order chi connectivity index (χ1) is 13.6. The van der Waals surface area contributed by atoms with Gasteiger partial charge in [0.25, 0.3) is 0 Å². The topological polar surface area (TPSA) is 95.7 Å². The van der Waals surface area contributed by atoms with Crippen LogP contribution in [0.2, 0.25) is 0 Å². The zero-order valence-corrected chi connectivity index (χ0v) is 15.2. The number of aliphatic hydroxyl groups is 1. The molecule has 4 aromatic rings. The maximum Gasteiger partial charge on any atom is 0.227 e. The van der Waals surface area contributed by atoms with Crippen LogP contribution in [0.4, 0.5) is 0 Å². The smallest absolute Gasteiger partial charge is 0.227 e. The molecule has 0 spiro atoms. The molecule has 4 rings (SSSR count). The normalized spacial score (nSPS) is 12.2. The Kier molecular flexibility index (Phi) is 4.63. The number of aliphatic hydroxyl groups excluding tert-OH is 1. The standard InChI is InChI=1S/C22H19NO5/c1-27-14-7-8-18-16(9-14)17(11-23-18)20(13-5-3-2-4-6-13)22-21(26)19(25)10-15(12-24)28-22/h2-11,20,23-24,26H,12H2,1H3. The van der Waals surface area contributed by atoms with Crippen LogP contribution in [0.15, 0.2) is 70.0 Å². The monoisotopic (exact) mass is 377 g/mol. The second kappa shape index (κ2) is 7.25. The van der Waals surface area contributed by atoms with Crippen molar-refractivity contribution < 1.29 is 19.4 Å². The van der Waals surface area contributed by atoms with Crippen molar-refractivity contribution in [3.8, 4) is 11.5 Å². The van der Waals surface area contributed by atoms with Crippen molar-refractivity contribution in [3.05, 3.63) is 93.7 Å². The molecule has 1 atom stereocenters. The van der Waals surface area contributed by atoms with Gasteiger partial charge < -0.3 is 24.4 Å². The molecule has 142 valence electrons. The van der Waals surface area contributed by atoms with E-state index in [1.807, 2.05) is 54.7 Å². The van der Waals surface area contributed by atoms with Crippen LogP contribution in [-0.4, -0.2) is 22.3 Å². The Balaban J connectivity index is 2.02. The Morgan fingerprint density at radius 3 is 2.64 bits per heavy atom. The van der Waals surface area contributed by atoms with E-state index in [1.165, 1.54) is 0 Å². The third-order valence-electron chi connectivity index (χ3n) is 4.78. The lowest BCUT2D eigenvalue weighted by atomic mass is 9.88. The van der Waals surface area contributed by atoms with E-state index in [9.17, 15) is 15.0 Å². The summed E-state index contributed by atoms with van der Waals surface area (Å²) in [5, 5.41) is 20.8. The molecule has 0 saturated heterocycles. The number of aromatic amines is 1. The van der Waals surface area contributed by atoms with Gasteiger partial charge in [0.2, 0.25) is 11.2 Å². The zero-order valence-electron chi connectivity index (χ0n) is 15.2. The summed E-state index contributed by atoms with van der Waals surface area (Å²) in [7, 11) is 1.60. The number of aromatic nitrogens is 1. The van der Waals surface area contributed by atoms with Crippen molar-refractivity contribution in [2.24, 2.45) is 0 Å². The molecule has 2 heterocycles. The van der Waals surface area contributed by atoms with Crippen LogP contribution in [0.5, 0.6) is 11.5 Å². The molecule has 0 amide bonds. The van der Waals surface area contributed by atoms with Gasteiger partial charge in [0.1, 0.15) is 18.1 Å². The maximum absolute atomic E-state index is 12.2. The van der Waals surface area contributed by atoms with Crippen LogP contribution in [0, 0.1) is 0 Å². The summed E-state index contributed by atoms with van der Waals surface area (Å²) in [6, 6.07) is 16.2. The van der Waals surface area contributed by atoms with Crippen LogP contribution >= 0.6 is 0 Å². The lowest BCUT2D eigenvalue weighted by Crippen LogP contribution is -2.10. The van der Waals surface area contributed by atoms with Crippen molar-refractivity contribution in [1.29, 1.82) is 0 Å². The number of aromatic hydroxyl groups is 1. The molecule has 6 nitrogen and oxygen atoms in total. The molecule has 0 aliphatic rings. The van der Waals surface area contributed by atoms with Gasteiger partial charge >= 0.3 is 0 Å². The molecule has 3 N–H and O–H groups in total. The quantitative estimate of drug-likeness (QED) is 0.495. The first-order valence-corrected chi connectivity index (χ1v) is 8.79. The Labute approximate surface area is 160 Å². The Hall–Kier alpha value is -3.51. The highest BCUT2D eigenvalue weighted by atomic mass is 16.5. The fraction of sp³-hybridized carbons (Fsp3) is 0.136. The lowest BCUT2D eigenvalue weighted by molar-refractivity contribution is 0.235. The van der Waals surface area contributed by atoms with Gasteiger partial charge in [-0.25, -0.2) is 0 Å². The van der Waals surface area contributed by atoms with E-state index < -0.39 is 23.7 Å². The first kappa shape index (κ1) is 17.9. The fourth-order valence-corrected chi connectivity index (χ4v) is 3.43. The van der Waals surface area contributed by atoms with E-state index in [2.05, 4.69) is 4.98 Å². The molecular formula is C22H19NO5. The van der Waals surface area contributed by atoms with Crippen molar-refractivity contribution in [3.63, 3.8) is 0 Å². The Morgan fingerprint density at radius 2 is 1.93 bits per heavy atom. The second-order valence-electron chi connectivity index (χ2n) is 6.45. The lowest BCUT2D eigenvalue weighted by Gasteiger charge is -2.18. The number of methoxy groups -OCH3 is 1. The number of hydrogen-bond acceptors (Lipinski definition) is 5. The van der Waals surface area contributed by atoms with Crippen LogP contribution in [0.1, 0.15) is 28.6 Å². The molecule has 6 heteroatoms. The molecule has 1 unspecified atom stereocenters. The van der Waals surface area contributed by atoms with Crippen LogP contribution in [0.25, 0.3) is 10.9 Å². The third kappa shape index (κ3) is 3.04. The summed E-state index contributed by atoms with van der Waals surface area (Å²) < 4.78 is 11.1. The summed E-state index contributed by atoms with van der Waals surface area (Å²) in [4.78, 5) is 15.5. The molecule has 0 fully saturated rings. The first-order valence-electron chi connectivity index (χ1n) is 8.79. The fourth-order valence-electron chi connectivity index (χ4n) is 3.43. The highest BCUT2D eigenvalue weighted by Crippen LogP contribution is 2.39. The van der Waals surface area contributed by atoms with Gasteiger partial charge in [0.15, 0.2) is 5.76 Å². The van der Waals surface area contributed by atoms with Gasteiger partial charge in [0.05, 0.1) is 13.0 Å². The van der Waals surface area contributed by atoms with Gasteiger partial charge in [-0.05, 0) is 29.3 Å². The number of rotatable bonds is 5. The largest absolute Gasteiger partial charge is 0.502 e. The van der Waals surface area contributed by atoms with Crippen molar-refractivity contribution in [2.75, 3.05) is 7.11 Å². The van der Waals surface area contributed by atoms with Crippen molar-refractivity contribution >= 4 is 10.9 Å². The van der Waals surface area contributed by atoms with Crippen LogP contribution in [-0.2, 0) is 6.61 Å². The second-order valence-corrected chi connectivity index (χ2v) is 6.45. The van der Waals surface area contributed by atoms with Gasteiger partial charge in [-0.1, -0.05) is 30.3 Å². The summed E-state index contributed by atoms with van der Waals surface area (Å²) in [6.07, 6.45) is 1.83. The number of H-pyrrole nitrogens is 1. The average Bonchev–Trinajstić information content (AvgIpc) is 3.14. The highest BCUT2D eigenvalue weighted by Gasteiger charge is 2.27. The van der Waals surface area contributed by atoms with Crippen LogP contribution < -0.4 is 10.2 Å². The maximum atomic E-state index is 12.2. The molecule has 0 aliphatic heterocycles. The number of benzene rings is 2. The van der Waals surface area contributed by atoms with E-state index in [0.717, 1.165) is 28.1 Å². The SMILES string of the molecule is COc1ccc2[nH]cc(C(c3ccccc3)c3oc(CO)cc(=O)c3O)c2c1. The summed E-state index contributed by atoms with van der Waals surface area (Å²) in [5.74, 6) is -0.151. The Bertz CT molecular complexity index is 1180. The molecule has 2 aromatic heterocycles. The number of hydrogen-bond donors (Lipinski definition) is 3. The minimum absolute atomic E-state index is 0.0893. The molecule has 2 aromatic carbocycles. The summed E-state index contributed by atoms with van der Waals surface area (Å²) in [6.45, 7) is -0.439. The number of nitrogens with one attached hydrogen (secondary N) is 1. The Morgan fingerprint density at radius 1 is 1.14 bits per heavy atom. The summed E-state index contributed by atoms with van der Waals surface area (Å²) in [5.41, 5.74) is 1.94. The highest BCUT2D eigenvalue weighted by molar-refractivity contribution is 5.86. The van der Waals surface area contributed by atoms with E-state index in [-0.39, 0.29) is 11.5 Å². The zero-order chi connectivity index (χ0) is 19.7. The molecule has 0 radical (unpaired) electrons. The van der Waals surface area contributed by atoms with E-state index in [4.69, 9.17) is 9.15 Å². The van der Waals surface area contributed by atoms with E-state index in [1.54, 1.807) is 7.11 Å². The number of ether oxygens (including phenoxy) is 1. The molecule has 0 bridgehead atoms. The molecular weight excluding hydrogens is 358 g/mol. The number of fused-ring (bicyclic) bond motifs is 1. The molecule has 0 saturated carbocycles. The van der Waals surface area contributed by atoms with Gasteiger partial charge in [-0.2, -0.15) is 0 Å². The van der Waals surface area contributed by atoms with Crippen molar-refractivity contribution in [1.82, 2.24) is 4.98 Å². The summed E-state index contributed by atoms with van der Waals surface area (Å²) >= 11 is 0. The predicted octanol–water partition coefficient (Wildman–Crippen LogP) is 3.51. The molecule has 28 heavy (non-hydrogen) atoms. The van der Waals surface area contributed by atoms with Gasteiger partial charge in [-0.15, -0.1) is 0 Å². The van der Waals surface area contributed by atoms with E-state index >= 15 is 0 Å². The molecule has 0 aliphatic carbocycles. The minimum atomic E-state index is -0.594. The minimum Gasteiger partial charge on any atom is -0.502 e.